The van der Waals surface area contributed by atoms with Gasteiger partial charge in [0, 0.05) is 13.1 Å². The Morgan fingerprint density at radius 2 is 1.87 bits per heavy atom. The normalized spacial score (nSPS) is 10.2. The lowest BCUT2D eigenvalue weighted by Crippen LogP contribution is -2.30. The Balaban J connectivity index is 3.17. The predicted octanol–water partition coefficient (Wildman–Crippen LogP) is -0.210. The van der Waals surface area contributed by atoms with Crippen molar-refractivity contribution < 1.29 is 27.5 Å². The number of isocyanates is 2. The molecule has 0 bridgehead atoms. The summed E-state index contributed by atoms with van der Waals surface area (Å²) >= 11 is 0. The summed E-state index contributed by atoms with van der Waals surface area (Å²) in [5.74, 6) is 0.00482. The lowest BCUT2D eigenvalue weighted by molar-refractivity contribution is 0.388. The van der Waals surface area contributed by atoms with Crippen LogP contribution in [0, 0.1) is 0 Å². The minimum atomic E-state index is -3.96. The number of methoxy groups -OCH3 is 2. The molecule has 0 saturated heterocycles. The fourth-order valence-corrected chi connectivity index (χ4v) is 2.86. The van der Waals surface area contributed by atoms with Gasteiger partial charge in [-0.15, -0.1) is 0 Å². The number of hydrogen-bond donors (Lipinski definition) is 2. The lowest BCUT2D eigenvalue weighted by Gasteiger charge is -2.14. The quantitative estimate of drug-likeness (QED) is 0.274. The van der Waals surface area contributed by atoms with E-state index in [0.717, 1.165) is 0 Å². The SMILES string of the molecule is COc1ccc(S(=O)(=O)NCCNN=C=O)c(OC)c1N=C=O. The Morgan fingerprint density at radius 1 is 1.13 bits per heavy atom. The molecule has 0 heterocycles. The minimum absolute atomic E-state index is 0.0466. The van der Waals surface area contributed by atoms with Gasteiger partial charge in [0.15, 0.2) is 11.4 Å². The van der Waals surface area contributed by atoms with Crippen molar-refractivity contribution >= 4 is 27.9 Å². The van der Waals surface area contributed by atoms with Crippen LogP contribution in [-0.2, 0) is 19.6 Å². The van der Waals surface area contributed by atoms with E-state index in [1.54, 1.807) is 0 Å². The Labute approximate surface area is 132 Å². The van der Waals surface area contributed by atoms with Gasteiger partial charge in [-0.2, -0.15) is 4.99 Å². The van der Waals surface area contributed by atoms with E-state index in [0.29, 0.717) is 0 Å². The summed E-state index contributed by atoms with van der Waals surface area (Å²) in [7, 11) is -1.38. The molecule has 11 heteroatoms. The van der Waals surface area contributed by atoms with E-state index in [1.165, 1.54) is 38.5 Å². The van der Waals surface area contributed by atoms with E-state index < -0.39 is 10.0 Å². The number of ether oxygens (including phenoxy) is 2. The maximum absolute atomic E-state index is 12.3. The van der Waals surface area contributed by atoms with Gasteiger partial charge in [-0.25, -0.2) is 22.7 Å². The van der Waals surface area contributed by atoms with Gasteiger partial charge in [-0.1, -0.05) is 5.10 Å². The fraction of sp³-hybridized carbons (Fsp3) is 0.333. The van der Waals surface area contributed by atoms with Gasteiger partial charge >= 0.3 is 0 Å². The first-order valence-electron chi connectivity index (χ1n) is 6.14. The van der Waals surface area contributed by atoms with Crippen LogP contribution < -0.4 is 19.6 Å². The third-order valence-corrected chi connectivity index (χ3v) is 4.07. The number of nitrogens with zero attached hydrogens (tertiary/aromatic N) is 2. The highest BCUT2D eigenvalue weighted by Crippen LogP contribution is 2.41. The molecule has 0 atom stereocenters. The zero-order valence-electron chi connectivity index (χ0n) is 12.3. The van der Waals surface area contributed by atoms with Crippen molar-refractivity contribution in [2.75, 3.05) is 27.3 Å². The maximum atomic E-state index is 12.3. The monoisotopic (exact) mass is 342 g/mol. The van der Waals surface area contributed by atoms with Crippen LogP contribution in [0.2, 0.25) is 0 Å². The van der Waals surface area contributed by atoms with Crippen LogP contribution in [0.5, 0.6) is 11.5 Å². The first kappa shape index (κ1) is 18.3. The molecule has 0 fully saturated rings. The van der Waals surface area contributed by atoms with Gasteiger partial charge in [0.05, 0.1) is 14.2 Å². The summed E-state index contributed by atoms with van der Waals surface area (Å²) in [5, 5.41) is 3.07. The Kier molecular flexibility index (Phi) is 6.91. The zero-order valence-corrected chi connectivity index (χ0v) is 13.1. The van der Waals surface area contributed by atoms with Gasteiger partial charge in [0.25, 0.3) is 6.08 Å². The molecule has 10 nitrogen and oxygen atoms in total. The first-order valence-corrected chi connectivity index (χ1v) is 7.62. The molecule has 0 aliphatic carbocycles. The van der Waals surface area contributed by atoms with Gasteiger partial charge in [0.1, 0.15) is 10.6 Å². The van der Waals surface area contributed by atoms with E-state index in [9.17, 15) is 18.0 Å². The largest absolute Gasteiger partial charge is 0.494 e. The standard InChI is InChI=1S/C12H14N4O6S/c1-21-9-3-4-10(12(22-2)11(9)13-7-17)23(19,20)16-6-5-14-15-8-18/h3-4,14,16H,5-6H2,1-2H3. The van der Waals surface area contributed by atoms with Crippen LogP contribution in [0.25, 0.3) is 0 Å². The third kappa shape index (κ3) is 4.63. The van der Waals surface area contributed by atoms with Crippen molar-refractivity contribution in [2.24, 2.45) is 10.1 Å². The summed E-state index contributed by atoms with van der Waals surface area (Å²) in [5.41, 5.74) is 2.20. The predicted molar refractivity (Wildman–Crippen MR) is 78.6 cm³/mol. The van der Waals surface area contributed by atoms with Crippen molar-refractivity contribution in [1.82, 2.24) is 10.1 Å². The molecular formula is C12H14N4O6S. The molecule has 0 amide bonds. The molecule has 1 aromatic carbocycles. The van der Waals surface area contributed by atoms with Gasteiger partial charge < -0.3 is 9.47 Å². The molecule has 1 rings (SSSR count). The molecule has 23 heavy (non-hydrogen) atoms. The van der Waals surface area contributed by atoms with Crippen LogP contribution in [0.3, 0.4) is 0 Å². The Bertz CT molecular complexity index is 751. The molecule has 0 saturated carbocycles. The highest BCUT2D eigenvalue weighted by molar-refractivity contribution is 7.89. The lowest BCUT2D eigenvalue weighted by atomic mass is 10.2. The zero-order chi connectivity index (χ0) is 17.3. The second-order valence-corrected chi connectivity index (χ2v) is 5.60. The second kappa shape index (κ2) is 8.66. The van der Waals surface area contributed by atoms with Crippen molar-refractivity contribution in [3.05, 3.63) is 12.1 Å². The van der Waals surface area contributed by atoms with Crippen molar-refractivity contribution in [2.45, 2.75) is 4.90 Å². The number of sulfonamides is 1. The fourth-order valence-electron chi connectivity index (χ4n) is 1.67. The number of benzene rings is 1. The number of carbonyl (C=O) groups excluding carboxylic acids is 2. The van der Waals surface area contributed by atoms with E-state index in [4.69, 9.17) is 9.47 Å². The average molecular weight is 342 g/mol. The molecule has 0 aliphatic heterocycles. The number of nitrogens with one attached hydrogen (secondary N) is 2. The van der Waals surface area contributed by atoms with Crippen molar-refractivity contribution in [3.63, 3.8) is 0 Å². The van der Waals surface area contributed by atoms with Crippen LogP contribution in [0.4, 0.5) is 5.69 Å². The highest BCUT2D eigenvalue weighted by Gasteiger charge is 2.24. The van der Waals surface area contributed by atoms with Crippen molar-refractivity contribution in [3.8, 4) is 11.5 Å². The number of aliphatic imine (C=N–C) groups is 1. The Morgan fingerprint density at radius 3 is 2.43 bits per heavy atom. The van der Waals surface area contributed by atoms with E-state index in [1.807, 2.05) is 0 Å². The smallest absolute Gasteiger partial charge is 0.258 e. The highest BCUT2D eigenvalue weighted by atomic mass is 32.2. The van der Waals surface area contributed by atoms with Crippen molar-refractivity contribution in [1.29, 1.82) is 0 Å². The van der Waals surface area contributed by atoms with Crippen LogP contribution in [0.15, 0.2) is 27.1 Å². The molecular weight excluding hydrogens is 328 g/mol. The average Bonchev–Trinajstić information content (AvgIpc) is 2.54. The second-order valence-electron chi connectivity index (χ2n) is 3.86. The molecule has 0 spiro atoms. The summed E-state index contributed by atoms with van der Waals surface area (Å²) in [6, 6.07) is 2.59. The first-order chi connectivity index (χ1) is 11.0. The van der Waals surface area contributed by atoms with Crippen LogP contribution in [-0.4, -0.2) is 47.9 Å². The topological polar surface area (TPSA) is 136 Å². The Hall–Kier alpha value is -2.71. The third-order valence-electron chi connectivity index (χ3n) is 2.58. The van der Waals surface area contributed by atoms with E-state index >= 15 is 0 Å². The van der Waals surface area contributed by atoms with Gasteiger partial charge in [0.2, 0.25) is 16.1 Å². The molecule has 0 aromatic heterocycles. The minimum Gasteiger partial charge on any atom is -0.494 e. The molecule has 0 unspecified atom stereocenters. The van der Waals surface area contributed by atoms with E-state index in [-0.39, 0.29) is 35.2 Å². The van der Waals surface area contributed by atoms with Crippen LogP contribution >= 0.6 is 0 Å². The molecule has 1 aromatic rings. The summed E-state index contributed by atoms with van der Waals surface area (Å²) in [6.07, 6.45) is 2.57. The number of hydrazone groups is 1. The van der Waals surface area contributed by atoms with E-state index in [2.05, 4.69) is 20.2 Å². The summed E-state index contributed by atoms with van der Waals surface area (Å²) < 4.78 is 36.9. The molecule has 0 radical (unpaired) electrons. The molecule has 0 aliphatic rings. The number of hydrogen-bond acceptors (Lipinski definition) is 9. The molecule has 124 valence electrons. The van der Waals surface area contributed by atoms with Crippen LogP contribution in [0.1, 0.15) is 0 Å². The maximum Gasteiger partial charge on any atom is 0.258 e. The number of rotatable bonds is 9. The summed E-state index contributed by atoms with van der Waals surface area (Å²) in [4.78, 5) is 23.6. The van der Waals surface area contributed by atoms with Gasteiger partial charge in [-0.05, 0) is 12.1 Å². The van der Waals surface area contributed by atoms with Gasteiger partial charge in [-0.3, -0.25) is 5.43 Å². The molecule has 2 N–H and O–H groups in total. The summed E-state index contributed by atoms with van der Waals surface area (Å²) in [6.45, 7) is 0.0290.